The van der Waals surface area contributed by atoms with Crippen LogP contribution < -0.4 is 0 Å². The van der Waals surface area contributed by atoms with Crippen molar-refractivity contribution in [1.29, 1.82) is 0 Å². The molecule has 0 aromatic heterocycles. The third kappa shape index (κ3) is 6.67. The minimum Gasteiger partial charge on any atom is -0.394 e. The molecule has 0 aromatic carbocycles. The van der Waals surface area contributed by atoms with E-state index in [1.807, 2.05) is 13.8 Å². The van der Waals surface area contributed by atoms with E-state index in [9.17, 15) is 9.90 Å². The first-order chi connectivity index (χ1) is 7.95. The Morgan fingerprint density at radius 3 is 2.18 bits per heavy atom. The normalized spacial score (nSPS) is 11.6. The molecular formula is C14H29NO2. The van der Waals surface area contributed by atoms with E-state index in [0.29, 0.717) is 6.42 Å². The van der Waals surface area contributed by atoms with Crippen molar-refractivity contribution in [3.63, 3.8) is 0 Å². The third-order valence-electron chi connectivity index (χ3n) is 3.41. The molecule has 1 amide bonds. The van der Waals surface area contributed by atoms with Crippen LogP contribution in [0.15, 0.2) is 0 Å². The Bertz CT molecular complexity index is 214. The van der Waals surface area contributed by atoms with Crippen molar-refractivity contribution in [2.45, 2.75) is 71.3 Å². The van der Waals surface area contributed by atoms with Crippen LogP contribution in [0.1, 0.15) is 65.7 Å². The zero-order chi connectivity index (χ0) is 13.3. The molecule has 102 valence electrons. The predicted octanol–water partition coefficient (Wildman–Crippen LogP) is 2.97. The number of carbonyl (C=O) groups is 1. The minimum absolute atomic E-state index is 0.00569. The van der Waals surface area contributed by atoms with Crippen LogP contribution in [0.4, 0.5) is 0 Å². The van der Waals surface area contributed by atoms with Crippen LogP contribution in [0.3, 0.4) is 0 Å². The predicted molar refractivity (Wildman–Crippen MR) is 71.9 cm³/mol. The Balaban J connectivity index is 3.72. The lowest BCUT2D eigenvalue weighted by atomic mass is 10.0. The van der Waals surface area contributed by atoms with Crippen molar-refractivity contribution in [1.82, 2.24) is 4.90 Å². The Morgan fingerprint density at radius 1 is 1.12 bits per heavy atom. The smallest absolute Gasteiger partial charge is 0.222 e. The van der Waals surface area contributed by atoms with Crippen molar-refractivity contribution < 1.29 is 9.90 Å². The molecule has 1 N–H and O–H groups in total. The summed E-state index contributed by atoms with van der Waals surface area (Å²) < 4.78 is 0. The lowest BCUT2D eigenvalue weighted by Gasteiger charge is -2.34. The number of hydrogen-bond acceptors (Lipinski definition) is 2. The van der Waals surface area contributed by atoms with Gasteiger partial charge in [0.05, 0.1) is 12.1 Å². The standard InChI is InChI=1S/C14H29NO2/c1-5-6-7-8-9-10-11-13(17)15(4)14(2,3)12-16/h16H,5-12H2,1-4H3. The highest BCUT2D eigenvalue weighted by Gasteiger charge is 2.25. The van der Waals surface area contributed by atoms with E-state index in [0.717, 1.165) is 12.8 Å². The summed E-state index contributed by atoms with van der Waals surface area (Å²) in [6.45, 7) is 5.97. The molecule has 0 radical (unpaired) electrons. The second-order valence-electron chi connectivity index (χ2n) is 5.44. The van der Waals surface area contributed by atoms with Gasteiger partial charge in [-0.25, -0.2) is 0 Å². The summed E-state index contributed by atoms with van der Waals surface area (Å²) in [4.78, 5) is 13.5. The number of hydrogen-bond donors (Lipinski definition) is 1. The summed E-state index contributed by atoms with van der Waals surface area (Å²) in [6.07, 6.45) is 7.77. The van der Waals surface area contributed by atoms with Gasteiger partial charge in [0.2, 0.25) is 5.91 Å². The van der Waals surface area contributed by atoms with Crippen LogP contribution in [0.25, 0.3) is 0 Å². The molecule has 17 heavy (non-hydrogen) atoms. The maximum atomic E-state index is 11.9. The number of aliphatic hydroxyl groups is 1. The van der Waals surface area contributed by atoms with Crippen molar-refractivity contribution in [2.24, 2.45) is 0 Å². The first-order valence-electron chi connectivity index (χ1n) is 6.83. The third-order valence-corrected chi connectivity index (χ3v) is 3.41. The zero-order valence-corrected chi connectivity index (χ0v) is 12.0. The van der Waals surface area contributed by atoms with Gasteiger partial charge in [-0.1, -0.05) is 39.0 Å². The maximum absolute atomic E-state index is 11.9. The summed E-state index contributed by atoms with van der Waals surface area (Å²) in [6, 6.07) is 0. The second-order valence-corrected chi connectivity index (χ2v) is 5.44. The van der Waals surface area contributed by atoms with Gasteiger partial charge in [-0.05, 0) is 20.3 Å². The minimum atomic E-state index is -0.445. The number of unbranched alkanes of at least 4 members (excludes halogenated alkanes) is 5. The molecule has 0 saturated carbocycles. The molecule has 0 spiro atoms. The average Bonchev–Trinajstić information content (AvgIpc) is 2.32. The van der Waals surface area contributed by atoms with Crippen LogP contribution in [0, 0.1) is 0 Å². The fraction of sp³-hybridized carbons (Fsp3) is 0.929. The van der Waals surface area contributed by atoms with Gasteiger partial charge in [-0.2, -0.15) is 0 Å². The lowest BCUT2D eigenvalue weighted by Crippen LogP contribution is -2.47. The molecule has 0 heterocycles. The molecule has 0 bridgehead atoms. The van der Waals surface area contributed by atoms with Gasteiger partial charge in [0.25, 0.3) is 0 Å². The average molecular weight is 243 g/mol. The SMILES string of the molecule is CCCCCCCCC(=O)N(C)C(C)(C)CO. The summed E-state index contributed by atoms with van der Waals surface area (Å²) in [5.41, 5.74) is -0.445. The summed E-state index contributed by atoms with van der Waals surface area (Å²) in [7, 11) is 1.77. The van der Waals surface area contributed by atoms with Gasteiger partial charge in [0, 0.05) is 13.5 Å². The second kappa shape index (κ2) is 8.51. The van der Waals surface area contributed by atoms with Crippen LogP contribution in [-0.2, 0) is 4.79 Å². The molecule has 0 unspecified atom stereocenters. The molecule has 0 saturated heterocycles. The number of rotatable bonds is 9. The van der Waals surface area contributed by atoms with Crippen molar-refractivity contribution in [3.8, 4) is 0 Å². The first kappa shape index (κ1) is 16.4. The van der Waals surface area contributed by atoms with Crippen LogP contribution >= 0.6 is 0 Å². The number of nitrogens with zero attached hydrogens (tertiary/aromatic N) is 1. The number of amides is 1. The van der Waals surface area contributed by atoms with E-state index < -0.39 is 5.54 Å². The van der Waals surface area contributed by atoms with E-state index in [1.165, 1.54) is 25.7 Å². The molecular weight excluding hydrogens is 214 g/mol. The van der Waals surface area contributed by atoms with E-state index in [1.54, 1.807) is 11.9 Å². The molecule has 0 rings (SSSR count). The maximum Gasteiger partial charge on any atom is 0.222 e. The first-order valence-corrected chi connectivity index (χ1v) is 6.83. The highest BCUT2D eigenvalue weighted by Crippen LogP contribution is 2.14. The van der Waals surface area contributed by atoms with Crippen molar-refractivity contribution >= 4 is 5.91 Å². The topological polar surface area (TPSA) is 40.5 Å². The molecule has 0 fully saturated rings. The molecule has 0 atom stereocenters. The van der Waals surface area contributed by atoms with Crippen LogP contribution in [0.5, 0.6) is 0 Å². The highest BCUT2D eigenvalue weighted by molar-refractivity contribution is 5.76. The summed E-state index contributed by atoms with van der Waals surface area (Å²) >= 11 is 0. The molecule has 0 aliphatic carbocycles. The van der Waals surface area contributed by atoms with E-state index in [4.69, 9.17) is 0 Å². The Morgan fingerprint density at radius 2 is 1.65 bits per heavy atom. The quantitative estimate of drug-likeness (QED) is 0.632. The zero-order valence-electron chi connectivity index (χ0n) is 12.0. The van der Waals surface area contributed by atoms with E-state index in [-0.39, 0.29) is 12.5 Å². The Kier molecular flexibility index (Phi) is 8.23. The van der Waals surface area contributed by atoms with Crippen LogP contribution in [0.2, 0.25) is 0 Å². The summed E-state index contributed by atoms with van der Waals surface area (Å²) in [5.74, 6) is 0.138. The largest absolute Gasteiger partial charge is 0.394 e. The molecule has 0 aliphatic rings. The van der Waals surface area contributed by atoms with Gasteiger partial charge < -0.3 is 10.0 Å². The fourth-order valence-corrected chi connectivity index (χ4v) is 1.67. The molecule has 0 aliphatic heterocycles. The molecule has 3 nitrogen and oxygen atoms in total. The Labute approximate surface area is 106 Å². The number of aliphatic hydroxyl groups excluding tert-OH is 1. The number of carbonyl (C=O) groups excluding carboxylic acids is 1. The van der Waals surface area contributed by atoms with Gasteiger partial charge >= 0.3 is 0 Å². The van der Waals surface area contributed by atoms with Gasteiger partial charge in [0.1, 0.15) is 0 Å². The number of likely N-dealkylation sites (N-methyl/N-ethyl adjacent to an activating group) is 1. The summed E-state index contributed by atoms with van der Waals surface area (Å²) in [5, 5.41) is 9.19. The van der Waals surface area contributed by atoms with Crippen LogP contribution in [-0.4, -0.2) is 35.1 Å². The monoisotopic (exact) mass is 243 g/mol. The van der Waals surface area contributed by atoms with Gasteiger partial charge in [-0.15, -0.1) is 0 Å². The van der Waals surface area contributed by atoms with Crippen molar-refractivity contribution in [3.05, 3.63) is 0 Å². The van der Waals surface area contributed by atoms with E-state index in [2.05, 4.69) is 6.92 Å². The Hall–Kier alpha value is -0.570. The fourth-order valence-electron chi connectivity index (χ4n) is 1.67. The van der Waals surface area contributed by atoms with Gasteiger partial charge in [-0.3, -0.25) is 4.79 Å². The van der Waals surface area contributed by atoms with Crippen molar-refractivity contribution in [2.75, 3.05) is 13.7 Å². The van der Waals surface area contributed by atoms with Gasteiger partial charge in [0.15, 0.2) is 0 Å². The molecule has 0 aromatic rings. The van der Waals surface area contributed by atoms with E-state index >= 15 is 0 Å². The highest BCUT2D eigenvalue weighted by atomic mass is 16.3. The lowest BCUT2D eigenvalue weighted by molar-refractivity contribution is -0.136. The molecule has 3 heteroatoms.